The number of fused-ring (bicyclic) bond motifs is 1. The lowest BCUT2D eigenvalue weighted by Crippen LogP contribution is -2.32. The SMILES string of the molecule is COc1ccc(CCC2Oc3ccc(O)cc3C2(C)C)cc1. The Morgan fingerprint density at radius 3 is 2.55 bits per heavy atom. The molecule has 0 saturated heterocycles. The predicted octanol–water partition coefficient (Wildman–Crippen LogP) is 4.07. The summed E-state index contributed by atoms with van der Waals surface area (Å²) in [5.41, 5.74) is 2.27. The van der Waals surface area contributed by atoms with Crippen molar-refractivity contribution < 1.29 is 14.6 Å². The van der Waals surface area contributed by atoms with Gasteiger partial charge in [0.15, 0.2) is 0 Å². The molecule has 116 valence electrons. The fourth-order valence-electron chi connectivity index (χ4n) is 3.11. The Morgan fingerprint density at radius 1 is 1.14 bits per heavy atom. The lowest BCUT2D eigenvalue weighted by atomic mass is 9.79. The molecule has 0 aromatic heterocycles. The molecular formula is C19H22O3. The Kier molecular flexibility index (Phi) is 3.73. The van der Waals surface area contributed by atoms with E-state index in [0.717, 1.165) is 29.9 Å². The molecule has 0 saturated carbocycles. The molecule has 1 heterocycles. The van der Waals surface area contributed by atoms with Crippen LogP contribution >= 0.6 is 0 Å². The standard InChI is InChI=1S/C19H22O3/c1-19(2)16-12-14(20)7-10-17(16)22-18(19)11-6-13-4-8-15(21-3)9-5-13/h4-5,7-10,12,18,20H,6,11H2,1-3H3. The second-order valence-corrected chi connectivity index (χ2v) is 6.40. The van der Waals surface area contributed by atoms with E-state index in [9.17, 15) is 5.11 Å². The first-order chi connectivity index (χ1) is 10.5. The highest BCUT2D eigenvalue weighted by atomic mass is 16.5. The fourth-order valence-corrected chi connectivity index (χ4v) is 3.11. The molecule has 3 rings (SSSR count). The largest absolute Gasteiger partial charge is 0.508 e. The van der Waals surface area contributed by atoms with Gasteiger partial charge in [-0.2, -0.15) is 0 Å². The maximum atomic E-state index is 9.70. The van der Waals surface area contributed by atoms with Crippen molar-refractivity contribution in [1.82, 2.24) is 0 Å². The third kappa shape index (κ3) is 2.63. The average Bonchev–Trinajstić information content (AvgIpc) is 2.76. The minimum absolute atomic E-state index is 0.0967. The molecule has 3 heteroatoms. The number of benzene rings is 2. The monoisotopic (exact) mass is 298 g/mol. The van der Waals surface area contributed by atoms with Gasteiger partial charge in [-0.05, 0) is 48.7 Å². The van der Waals surface area contributed by atoms with Crippen molar-refractivity contribution in [3.8, 4) is 17.2 Å². The Hall–Kier alpha value is -2.16. The summed E-state index contributed by atoms with van der Waals surface area (Å²) >= 11 is 0. The zero-order chi connectivity index (χ0) is 15.7. The molecule has 0 fully saturated rings. The zero-order valence-electron chi connectivity index (χ0n) is 13.3. The third-order valence-corrected chi connectivity index (χ3v) is 4.59. The molecular weight excluding hydrogens is 276 g/mol. The Bertz CT molecular complexity index is 659. The van der Waals surface area contributed by atoms with Crippen molar-refractivity contribution in [3.63, 3.8) is 0 Å². The van der Waals surface area contributed by atoms with E-state index in [4.69, 9.17) is 9.47 Å². The van der Waals surface area contributed by atoms with Crippen LogP contribution in [0.2, 0.25) is 0 Å². The van der Waals surface area contributed by atoms with Crippen molar-refractivity contribution in [2.24, 2.45) is 0 Å². The van der Waals surface area contributed by atoms with Gasteiger partial charge in [0.1, 0.15) is 23.4 Å². The van der Waals surface area contributed by atoms with E-state index in [-0.39, 0.29) is 11.5 Å². The number of hydrogen-bond donors (Lipinski definition) is 1. The summed E-state index contributed by atoms with van der Waals surface area (Å²) in [6.45, 7) is 4.36. The number of aromatic hydroxyl groups is 1. The molecule has 1 aliphatic rings. The summed E-state index contributed by atoms with van der Waals surface area (Å²) in [7, 11) is 1.68. The van der Waals surface area contributed by atoms with Gasteiger partial charge in [-0.3, -0.25) is 0 Å². The van der Waals surface area contributed by atoms with Gasteiger partial charge in [-0.15, -0.1) is 0 Å². The number of ether oxygens (including phenoxy) is 2. The quantitative estimate of drug-likeness (QED) is 0.924. The minimum Gasteiger partial charge on any atom is -0.508 e. The van der Waals surface area contributed by atoms with Crippen LogP contribution in [0.1, 0.15) is 31.4 Å². The smallest absolute Gasteiger partial charge is 0.123 e. The third-order valence-electron chi connectivity index (χ3n) is 4.59. The highest BCUT2D eigenvalue weighted by Gasteiger charge is 2.41. The summed E-state index contributed by atoms with van der Waals surface area (Å²) < 4.78 is 11.3. The van der Waals surface area contributed by atoms with Gasteiger partial charge in [0.2, 0.25) is 0 Å². The van der Waals surface area contributed by atoms with E-state index in [1.165, 1.54) is 5.56 Å². The summed E-state index contributed by atoms with van der Waals surface area (Å²) in [4.78, 5) is 0. The van der Waals surface area contributed by atoms with Gasteiger partial charge < -0.3 is 14.6 Å². The molecule has 3 nitrogen and oxygen atoms in total. The maximum Gasteiger partial charge on any atom is 0.123 e. The number of rotatable bonds is 4. The van der Waals surface area contributed by atoms with Gasteiger partial charge in [0.25, 0.3) is 0 Å². The molecule has 22 heavy (non-hydrogen) atoms. The Balaban J connectivity index is 1.71. The second-order valence-electron chi connectivity index (χ2n) is 6.40. The van der Waals surface area contributed by atoms with Crippen molar-refractivity contribution in [3.05, 3.63) is 53.6 Å². The molecule has 0 radical (unpaired) electrons. The summed E-state index contributed by atoms with van der Waals surface area (Å²) in [6, 6.07) is 13.5. The summed E-state index contributed by atoms with van der Waals surface area (Å²) in [5, 5.41) is 9.70. The van der Waals surface area contributed by atoms with Crippen LogP contribution in [0.15, 0.2) is 42.5 Å². The van der Waals surface area contributed by atoms with Crippen LogP contribution in [0.5, 0.6) is 17.2 Å². The number of aryl methyl sites for hydroxylation is 1. The van der Waals surface area contributed by atoms with E-state index in [1.54, 1.807) is 13.2 Å². The zero-order valence-corrected chi connectivity index (χ0v) is 13.3. The van der Waals surface area contributed by atoms with Crippen LogP contribution in [-0.4, -0.2) is 18.3 Å². The highest BCUT2D eigenvalue weighted by molar-refractivity contribution is 5.48. The van der Waals surface area contributed by atoms with Crippen LogP contribution < -0.4 is 9.47 Å². The van der Waals surface area contributed by atoms with Gasteiger partial charge in [0, 0.05) is 11.0 Å². The van der Waals surface area contributed by atoms with Gasteiger partial charge in [-0.25, -0.2) is 0 Å². The number of methoxy groups -OCH3 is 1. The van der Waals surface area contributed by atoms with Crippen molar-refractivity contribution >= 4 is 0 Å². The second kappa shape index (κ2) is 5.56. The van der Waals surface area contributed by atoms with E-state index < -0.39 is 0 Å². The topological polar surface area (TPSA) is 38.7 Å². The fraction of sp³-hybridized carbons (Fsp3) is 0.368. The van der Waals surface area contributed by atoms with Crippen molar-refractivity contribution in [2.75, 3.05) is 7.11 Å². The van der Waals surface area contributed by atoms with Crippen molar-refractivity contribution in [2.45, 2.75) is 38.2 Å². The van der Waals surface area contributed by atoms with Crippen molar-refractivity contribution in [1.29, 1.82) is 0 Å². The summed E-state index contributed by atoms with van der Waals surface area (Å²) in [5.74, 6) is 2.07. The highest BCUT2D eigenvalue weighted by Crippen LogP contribution is 2.45. The molecule has 0 amide bonds. The molecule has 0 bridgehead atoms. The van der Waals surface area contributed by atoms with Crippen LogP contribution in [0.3, 0.4) is 0 Å². The molecule has 1 N–H and O–H groups in total. The normalized spacial score (nSPS) is 18.6. The summed E-state index contributed by atoms with van der Waals surface area (Å²) in [6.07, 6.45) is 2.01. The van der Waals surface area contributed by atoms with E-state index >= 15 is 0 Å². The number of phenols is 1. The first kappa shape index (κ1) is 14.8. The van der Waals surface area contributed by atoms with Crippen LogP contribution in [0.25, 0.3) is 0 Å². The van der Waals surface area contributed by atoms with E-state index in [0.29, 0.717) is 5.75 Å². The Labute approximate surface area is 131 Å². The number of hydrogen-bond acceptors (Lipinski definition) is 3. The predicted molar refractivity (Wildman–Crippen MR) is 86.9 cm³/mol. The van der Waals surface area contributed by atoms with E-state index in [1.807, 2.05) is 24.3 Å². The van der Waals surface area contributed by atoms with Crippen LogP contribution in [0.4, 0.5) is 0 Å². The molecule has 1 atom stereocenters. The molecule has 2 aromatic carbocycles. The van der Waals surface area contributed by atoms with Gasteiger partial charge in [-0.1, -0.05) is 26.0 Å². The average molecular weight is 298 g/mol. The minimum atomic E-state index is -0.0967. The number of phenolic OH excluding ortho intramolecular Hbond substituents is 1. The van der Waals surface area contributed by atoms with E-state index in [2.05, 4.69) is 26.0 Å². The van der Waals surface area contributed by atoms with Crippen LogP contribution in [-0.2, 0) is 11.8 Å². The molecule has 1 unspecified atom stereocenters. The lowest BCUT2D eigenvalue weighted by Gasteiger charge is -2.26. The molecule has 2 aromatic rings. The first-order valence-electron chi connectivity index (χ1n) is 7.64. The van der Waals surface area contributed by atoms with Gasteiger partial charge >= 0.3 is 0 Å². The lowest BCUT2D eigenvalue weighted by molar-refractivity contribution is 0.156. The Morgan fingerprint density at radius 2 is 1.86 bits per heavy atom. The molecule has 0 aliphatic carbocycles. The van der Waals surface area contributed by atoms with Gasteiger partial charge in [0.05, 0.1) is 7.11 Å². The molecule has 1 aliphatic heterocycles. The maximum absolute atomic E-state index is 9.70. The molecule has 0 spiro atoms. The first-order valence-corrected chi connectivity index (χ1v) is 7.64. The van der Waals surface area contributed by atoms with Crippen LogP contribution in [0, 0.1) is 0 Å².